The van der Waals surface area contributed by atoms with Gasteiger partial charge in [0.15, 0.2) is 0 Å². The zero-order valence-corrected chi connectivity index (χ0v) is 16.0. The van der Waals surface area contributed by atoms with Crippen molar-refractivity contribution in [3.63, 3.8) is 0 Å². The zero-order chi connectivity index (χ0) is 16.9. The van der Waals surface area contributed by atoms with Crippen molar-refractivity contribution in [1.82, 2.24) is 14.9 Å². The lowest BCUT2D eigenvalue weighted by Gasteiger charge is -2.14. The van der Waals surface area contributed by atoms with Gasteiger partial charge in [-0.25, -0.2) is 4.98 Å². The first kappa shape index (κ1) is 17.7. The maximum absolute atomic E-state index is 12.2. The molecular weight excluding hydrogens is 338 g/mol. The molecule has 4 nitrogen and oxygen atoms in total. The first-order chi connectivity index (χ1) is 11.6. The third-order valence-corrected chi connectivity index (χ3v) is 7.50. The Morgan fingerprint density at radius 3 is 3.00 bits per heavy atom. The number of aryl methyl sites for hydroxylation is 1. The highest BCUT2D eigenvalue weighted by Crippen LogP contribution is 2.39. The number of amides is 1. The van der Waals surface area contributed by atoms with Crippen LogP contribution in [0, 0.1) is 0 Å². The molecular formula is C18H25N3OS2. The summed E-state index contributed by atoms with van der Waals surface area (Å²) in [6, 6.07) is 7.99. The summed E-state index contributed by atoms with van der Waals surface area (Å²) in [6.07, 6.45) is 5.30. The van der Waals surface area contributed by atoms with E-state index < -0.39 is 0 Å². The molecule has 1 aromatic carbocycles. The van der Waals surface area contributed by atoms with E-state index in [1.54, 1.807) is 0 Å². The van der Waals surface area contributed by atoms with Crippen LogP contribution in [0.2, 0.25) is 0 Å². The van der Waals surface area contributed by atoms with Gasteiger partial charge in [0.05, 0.1) is 17.1 Å². The molecule has 1 aliphatic heterocycles. The summed E-state index contributed by atoms with van der Waals surface area (Å²) in [6.45, 7) is 2.01. The summed E-state index contributed by atoms with van der Waals surface area (Å²) in [5.41, 5.74) is 2.07. The number of imidazole rings is 1. The number of nitrogens with one attached hydrogen (secondary N) is 1. The van der Waals surface area contributed by atoms with Gasteiger partial charge in [-0.15, -0.1) is 0 Å². The Hall–Kier alpha value is -1.14. The molecule has 6 heteroatoms. The number of fused-ring (bicyclic) bond motifs is 1. The number of carbonyl (C=O) groups excluding carboxylic acids is 1. The Labute approximate surface area is 151 Å². The second kappa shape index (κ2) is 8.30. The molecule has 0 bridgehead atoms. The maximum Gasteiger partial charge on any atom is 0.220 e. The van der Waals surface area contributed by atoms with Crippen LogP contribution in [0.5, 0.6) is 0 Å². The molecule has 0 aliphatic carbocycles. The van der Waals surface area contributed by atoms with Gasteiger partial charge in [-0.05, 0) is 38.3 Å². The minimum absolute atomic E-state index is 0.0725. The fourth-order valence-electron chi connectivity index (χ4n) is 3.15. The Bertz CT molecular complexity index is 695. The third kappa shape index (κ3) is 4.28. The monoisotopic (exact) mass is 363 g/mol. The molecule has 0 saturated carbocycles. The van der Waals surface area contributed by atoms with Crippen molar-refractivity contribution in [2.45, 2.75) is 50.3 Å². The SMILES string of the molecule is C[C@H](NC(=O)CCCC[C@H]1CCSS1)c1nc2ccccc2n1C. The highest BCUT2D eigenvalue weighted by Gasteiger charge is 2.18. The first-order valence-corrected chi connectivity index (χ1v) is 11.0. The van der Waals surface area contributed by atoms with Gasteiger partial charge in [0.1, 0.15) is 5.82 Å². The van der Waals surface area contributed by atoms with E-state index in [9.17, 15) is 4.79 Å². The quantitative estimate of drug-likeness (QED) is 0.582. The zero-order valence-electron chi connectivity index (χ0n) is 14.3. The summed E-state index contributed by atoms with van der Waals surface area (Å²) < 4.78 is 2.06. The average Bonchev–Trinajstić information content (AvgIpc) is 3.20. The normalized spacial score (nSPS) is 18.8. The van der Waals surface area contributed by atoms with E-state index in [1.807, 2.05) is 53.8 Å². The van der Waals surface area contributed by atoms with Crippen molar-refractivity contribution >= 4 is 38.5 Å². The fraction of sp³-hybridized carbons (Fsp3) is 0.556. The van der Waals surface area contributed by atoms with Crippen molar-refractivity contribution in [2.75, 3.05) is 5.75 Å². The van der Waals surface area contributed by atoms with Crippen LogP contribution >= 0.6 is 21.6 Å². The van der Waals surface area contributed by atoms with Crippen molar-refractivity contribution in [3.05, 3.63) is 30.1 Å². The lowest BCUT2D eigenvalue weighted by Crippen LogP contribution is -2.28. The largest absolute Gasteiger partial charge is 0.346 e. The number of para-hydroxylation sites is 2. The molecule has 0 spiro atoms. The summed E-state index contributed by atoms with van der Waals surface area (Å²) in [7, 11) is 6.01. The van der Waals surface area contributed by atoms with Crippen molar-refractivity contribution in [1.29, 1.82) is 0 Å². The summed E-state index contributed by atoms with van der Waals surface area (Å²) >= 11 is 0. The van der Waals surface area contributed by atoms with Crippen LogP contribution in [0.15, 0.2) is 24.3 Å². The maximum atomic E-state index is 12.2. The number of benzene rings is 1. The fourth-order valence-corrected chi connectivity index (χ4v) is 6.18. The van der Waals surface area contributed by atoms with Crippen LogP contribution in [0.4, 0.5) is 0 Å². The van der Waals surface area contributed by atoms with Gasteiger partial charge in [-0.2, -0.15) is 0 Å². The van der Waals surface area contributed by atoms with E-state index >= 15 is 0 Å². The van der Waals surface area contributed by atoms with Crippen LogP contribution in [0.25, 0.3) is 11.0 Å². The van der Waals surface area contributed by atoms with E-state index in [0.717, 1.165) is 34.9 Å². The van der Waals surface area contributed by atoms with Gasteiger partial charge in [-0.1, -0.05) is 40.1 Å². The molecule has 2 aromatic rings. The molecule has 0 radical (unpaired) electrons. The average molecular weight is 364 g/mol. The highest BCUT2D eigenvalue weighted by atomic mass is 33.1. The summed E-state index contributed by atoms with van der Waals surface area (Å²) in [4.78, 5) is 16.8. The van der Waals surface area contributed by atoms with E-state index in [1.165, 1.54) is 18.6 Å². The van der Waals surface area contributed by atoms with E-state index in [0.29, 0.717) is 6.42 Å². The number of aromatic nitrogens is 2. The van der Waals surface area contributed by atoms with E-state index in [4.69, 9.17) is 0 Å². The molecule has 1 fully saturated rings. The topological polar surface area (TPSA) is 46.9 Å². The van der Waals surface area contributed by atoms with Crippen LogP contribution < -0.4 is 5.32 Å². The van der Waals surface area contributed by atoms with Gasteiger partial charge in [-0.3, -0.25) is 4.79 Å². The van der Waals surface area contributed by atoms with Crippen LogP contribution in [-0.2, 0) is 11.8 Å². The minimum atomic E-state index is -0.0725. The van der Waals surface area contributed by atoms with Gasteiger partial charge in [0.2, 0.25) is 5.91 Å². The molecule has 1 N–H and O–H groups in total. The number of unbranched alkanes of at least 4 members (excludes halogenated alkanes) is 1. The standard InChI is InChI=1S/C18H25N3OS2/c1-13(18-20-15-8-4-5-9-16(15)21(18)2)19-17(22)10-6-3-7-14-11-12-23-24-14/h4-5,8-9,13-14H,3,6-7,10-12H2,1-2H3,(H,19,22)/t13-,14-/m0/s1. The Morgan fingerprint density at radius 1 is 1.42 bits per heavy atom. The van der Waals surface area contributed by atoms with Gasteiger partial charge < -0.3 is 9.88 Å². The molecule has 0 unspecified atom stereocenters. The van der Waals surface area contributed by atoms with Crippen LogP contribution in [0.3, 0.4) is 0 Å². The van der Waals surface area contributed by atoms with Crippen LogP contribution in [-0.4, -0.2) is 26.5 Å². The molecule has 24 heavy (non-hydrogen) atoms. The molecule has 2 atom stereocenters. The molecule has 3 rings (SSSR count). The van der Waals surface area contributed by atoms with Gasteiger partial charge in [0.25, 0.3) is 0 Å². The molecule has 130 valence electrons. The Morgan fingerprint density at radius 2 is 2.25 bits per heavy atom. The summed E-state index contributed by atoms with van der Waals surface area (Å²) in [5.74, 6) is 2.32. The Kier molecular flexibility index (Phi) is 6.11. The molecule has 1 amide bonds. The number of nitrogens with zero attached hydrogens (tertiary/aromatic N) is 2. The third-order valence-electron chi connectivity index (χ3n) is 4.49. The summed E-state index contributed by atoms with van der Waals surface area (Å²) in [5, 5.41) is 3.90. The highest BCUT2D eigenvalue weighted by molar-refractivity contribution is 8.77. The predicted molar refractivity (Wildman–Crippen MR) is 104 cm³/mol. The van der Waals surface area contributed by atoms with E-state index in [2.05, 4.69) is 20.9 Å². The number of hydrogen-bond donors (Lipinski definition) is 1. The molecule has 1 saturated heterocycles. The van der Waals surface area contributed by atoms with Gasteiger partial charge >= 0.3 is 0 Å². The molecule has 2 heterocycles. The number of carbonyl (C=O) groups is 1. The molecule has 1 aromatic heterocycles. The van der Waals surface area contributed by atoms with Crippen molar-refractivity contribution in [2.24, 2.45) is 7.05 Å². The van der Waals surface area contributed by atoms with Crippen LogP contribution in [0.1, 0.15) is 50.9 Å². The Balaban J connectivity index is 1.47. The van der Waals surface area contributed by atoms with Gasteiger partial charge in [0, 0.05) is 24.5 Å². The van der Waals surface area contributed by atoms with Crippen molar-refractivity contribution < 1.29 is 4.79 Å². The lowest BCUT2D eigenvalue weighted by atomic mass is 10.1. The van der Waals surface area contributed by atoms with Crippen molar-refractivity contribution in [3.8, 4) is 0 Å². The second-order valence-corrected chi connectivity index (χ2v) is 9.17. The predicted octanol–water partition coefficient (Wildman–Crippen LogP) is 4.46. The number of rotatable bonds is 7. The first-order valence-electron chi connectivity index (χ1n) is 8.64. The number of hydrogen-bond acceptors (Lipinski definition) is 4. The smallest absolute Gasteiger partial charge is 0.220 e. The minimum Gasteiger partial charge on any atom is -0.346 e. The second-order valence-electron chi connectivity index (χ2n) is 6.38. The van der Waals surface area contributed by atoms with E-state index in [-0.39, 0.29) is 11.9 Å². The molecule has 1 aliphatic rings. The lowest BCUT2D eigenvalue weighted by molar-refractivity contribution is -0.121.